The zero-order valence-corrected chi connectivity index (χ0v) is 33.4. The molecule has 1 aromatic heterocycles. The SMILES string of the molecule is CC(=O)O[C@@H]1[C@@H](C)[C@H](Oc2cn(C(C)=O)c3cc(Br)c(OCCOCCOCCOC(=O)Oc4ccc([N+](=O)[O-])cc4)c(Br)c23)O[C@H](C(C)=O)[C@H]1OC(C)=O. The summed E-state index contributed by atoms with van der Waals surface area (Å²) in [4.78, 5) is 71.2. The van der Waals surface area contributed by atoms with Crippen molar-refractivity contribution in [1.29, 1.82) is 0 Å². The van der Waals surface area contributed by atoms with E-state index in [4.69, 9.17) is 42.6 Å². The van der Waals surface area contributed by atoms with Gasteiger partial charge in [0.15, 0.2) is 24.1 Å². The molecule has 0 aliphatic carbocycles. The summed E-state index contributed by atoms with van der Waals surface area (Å²) in [5, 5.41) is 11.2. The van der Waals surface area contributed by atoms with Crippen LogP contribution in [-0.4, -0.2) is 104 Å². The van der Waals surface area contributed by atoms with Crippen molar-refractivity contribution in [3.8, 4) is 17.2 Å². The van der Waals surface area contributed by atoms with Crippen molar-refractivity contribution in [2.75, 3.05) is 39.6 Å². The fourth-order valence-corrected chi connectivity index (χ4v) is 6.98. The minimum atomic E-state index is -1.31. The molecule has 0 amide bonds. The minimum Gasteiger partial charge on any atom is -0.489 e. The van der Waals surface area contributed by atoms with Crippen LogP contribution in [0.5, 0.6) is 17.2 Å². The van der Waals surface area contributed by atoms with Crippen LogP contribution in [0.3, 0.4) is 0 Å². The van der Waals surface area contributed by atoms with Crippen LogP contribution in [0.25, 0.3) is 10.9 Å². The van der Waals surface area contributed by atoms with Gasteiger partial charge in [-0.3, -0.25) is 33.9 Å². The van der Waals surface area contributed by atoms with Crippen LogP contribution in [0, 0.1) is 16.0 Å². The van der Waals surface area contributed by atoms with E-state index >= 15 is 0 Å². The number of aromatic nitrogens is 1. The van der Waals surface area contributed by atoms with Crippen molar-refractivity contribution in [2.45, 2.75) is 59.2 Å². The van der Waals surface area contributed by atoms with Crippen LogP contribution in [0.2, 0.25) is 0 Å². The number of non-ortho nitro benzene ring substituents is 1. The summed E-state index contributed by atoms with van der Waals surface area (Å²) in [5.74, 6) is -2.28. The van der Waals surface area contributed by atoms with Crippen molar-refractivity contribution in [2.24, 2.45) is 5.92 Å². The Hall–Kier alpha value is -4.63. The van der Waals surface area contributed by atoms with Gasteiger partial charge >= 0.3 is 18.1 Å². The van der Waals surface area contributed by atoms with E-state index in [1.165, 1.54) is 62.7 Å². The average Bonchev–Trinajstić information content (AvgIpc) is 3.47. The van der Waals surface area contributed by atoms with Gasteiger partial charge in [0.2, 0.25) is 12.2 Å². The Morgan fingerprint density at radius 3 is 2.05 bits per heavy atom. The number of nitro groups is 1. The second-order valence-electron chi connectivity index (χ2n) is 12.0. The molecule has 1 aliphatic heterocycles. The summed E-state index contributed by atoms with van der Waals surface area (Å²) in [7, 11) is 0. The Morgan fingerprint density at radius 2 is 1.47 bits per heavy atom. The third kappa shape index (κ3) is 11.4. The summed E-state index contributed by atoms with van der Waals surface area (Å²) >= 11 is 7.09. The highest BCUT2D eigenvalue weighted by Crippen LogP contribution is 2.45. The van der Waals surface area contributed by atoms with E-state index in [1.54, 1.807) is 13.0 Å². The van der Waals surface area contributed by atoms with E-state index in [0.29, 0.717) is 25.6 Å². The van der Waals surface area contributed by atoms with Gasteiger partial charge in [-0.2, -0.15) is 0 Å². The number of hydrogen-bond acceptors (Lipinski definition) is 16. The smallest absolute Gasteiger partial charge is 0.489 e. The van der Waals surface area contributed by atoms with Crippen molar-refractivity contribution < 1.29 is 71.5 Å². The first-order valence-corrected chi connectivity index (χ1v) is 18.3. The van der Waals surface area contributed by atoms with Gasteiger partial charge in [0, 0.05) is 32.9 Å². The molecule has 0 radical (unpaired) electrons. The first kappa shape index (κ1) is 43.1. The number of ether oxygens (including phenoxy) is 9. The predicted molar refractivity (Wildman–Crippen MR) is 196 cm³/mol. The average molecular weight is 902 g/mol. The van der Waals surface area contributed by atoms with Gasteiger partial charge in [0.05, 0.1) is 63.3 Å². The Labute approximate surface area is 330 Å². The summed E-state index contributed by atoms with van der Waals surface area (Å²) in [6.45, 7) is 7.25. The molecule has 4 rings (SSSR count). The van der Waals surface area contributed by atoms with Crippen LogP contribution in [-0.2, 0) is 42.8 Å². The molecule has 0 bridgehead atoms. The van der Waals surface area contributed by atoms with Crippen molar-refractivity contribution in [3.05, 3.63) is 55.6 Å². The number of esters is 2. The van der Waals surface area contributed by atoms with Gasteiger partial charge in [-0.25, -0.2) is 4.79 Å². The molecule has 2 aromatic carbocycles. The monoisotopic (exact) mass is 900 g/mol. The molecule has 298 valence electrons. The number of carbonyl (C=O) groups is 5. The topological polar surface area (TPSA) is 216 Å². The standard InChI is InChI=1S/C35H38Br2N2O16/c1-18-30(51-21(4)42)33(52-22(5)43)31(19(2)40)55-34(18)54-27-17-38(20(3)41)26-16-25(36)32(29(37)28(26)27)49-14-12-47-10-11-48-13-15-50-35(44)53-24-8-6-23(7-9-24)39(45)46/h6-9,16-18,30-31,33-34H,10-15H2,1-5H3/t18-,30-,31-,33+,34-/m1/s1. The van der Waals surface area contributed by atoms with Gasteiger partial charge in [-0.05, 0) is 57.0 Å². The lowest BCUT2D eigenvalue weighted by molar-refractivity contribution is -0.384. The Bertz CT molecular complexity index is 1900. The Morgan fingerprint density at radius 1 is 0.873 bits per heavy atom. The maximum absolute atomic E-state index is 12.7. The van der Waals surface area contributed by atoms with Gasteiger partial charge in [-0.15, -0.1) is 0 Å². The third-order valence-corrected chi connectivity index (χ3v) is 9.23. The molecule has 0 spiro atoms. The molecule has 55 heavy (non-hydrogen) atoms. The molecule has 1 aliphatic rings. The highest BCUT2D eigenvalue weighted by atomic mass is 79.9. The Balaban J connectivity index is 1.33. The van der Waals surface area contributed by atoms with Crippen LogP contribution < -0.4 is 14.2 Å². The maximum Gasteiger partial charge on any atom is 0.513 e. The van der Waals surface area contributed by atoms with Crippen molar-refractivity contribution in [3.63, 3.8) is 0 Å². The molecular weight excluding hydrogens is 864 g/mol. The molecule has 2 heterocycles. The maximum atomic E-state index is 12.7. The van der Waals surface area contributed by atoms with Gasteiger partial charge < -0.3 is 42.6 Å². The van der Waals surface area contributed by atoms with E-state index in [0.717, 1.165) is 0 Å². The van der Waals surface area contributed by atoms with Gasteiger partial charge in [0.25, 0.3) is 5.69 Å². The highest BCUT2D eigenvalue weighted by molar-refractivity contribution is 9.11. The molecule has 1 fully saturated rings. The number of carbonyl (C=O) groups excluding carboxylic acids is 5. The molecule has 5 atom stereocenters. The lowest BCUT2D eigenvalue weighted by Gasteiger charge is -2.43. The number of rotatable bonds is 17. The second kappa shape index (κ2) is 19.8. The number of halogens is 2. The van der Waals surface area contributed by atoms with E-state index in [-0.39, 0.29) is 62.7 Å². The number of nitro benzene ring substituents is 1. The molecule has 3 aromatic rings. The number of ketones is 1. The lowest BCUT2D eigenvalue weighted by Crippen LogP contribution is -2.59. The molecule has 20 heteroatoms. The zero-order chi connectivity index (χ0) is 40.4. The minimum absolute atomic E-state index is 0.0662. The fraction of sp³-hybridized carbons (Fsp3) is 0.457. The number of nitrogens with zero attached hydrogens (tertiary/aromatic N) is 2. The van der Waals surface area contributed by atoms with Crippen LogP contribution in [0.15, 0.2) is 45.5 Å². The zero-order valence-electron chi connectivity index (χ0n) is 30.3. The van der Waals surface area contributed by atoms with Crippen molar-refractivity contribution in [1.82, 2.24) is 4.57 Å². The highest BCUT2D eigenvalue weighted by Gasteiger charge is 2.51. The number of benzene rings is 2. The first-order chi connectivity index (χ1) is 26.1. The fourth-order valence-electron chi connectivity index (χ4n) is 5.46. The molecular formula is C35H38Br2N2O16. The van der Waals surface area contributed by atoms with Crippen LogP contribution >= 0.6 is 31.9 Å². The molecule has 0 unspecified atom stereocenters. The molecule has 0 N–H and O–H groups in total. The van der Waals surface area contributed by atoms with E-state index in [2.05, 4.69) is 31.9 Å². The van der Waals surface area contributed by atoms with E-state index < -0.39 is 59.3 Å². The number of Topliss-reactive ketones (excluding diaryl/α,β-unsaturated/α-hetero) is 1. The molecule has 0 saturated carbocycles. The summed E-state index contributed by atoms with van der Waals surface area (Å²) < 4.78 is 52.3. The predicted octanol–water partition coefficient (Wildman–Crippen LogP) is 5.55. The summed E-state index contributed by atoms with van der Waals surface area (Å²) in [6.07, 6.45) is -4.34. The normalized spacial score (nSPS) is 19.3. The first-order valence-electron chi connectivity index (χ1n) is 16.7. The third-order valence-electron chi connectivity index (χ3n) is 7.89. The quantitative estimate of drug-likeness (QED) is 0.0405. The Kier molecular flexibility index (Phi) is 15.5. The second-order valence-corrected chi connectivity index (χ2v) is 13.6. The summed E-state index contributed by atoms with van der Waals surface area (Å²) in [6, 6.07) is 6.62. The van der Waals surface area contributed by atoms with Crippen LogP contribution in [0.1, 0.15) is 39.4 Å². The lowest BCUT2D eigenvalue weighted by atomic mass is 9.90. The van der Waals surface area contributed by atoms with Gasteiger partial charge in [-0.1, -0.05) is 6.92 Å². The largest absolute Gasteiger partial charge is 0.513 e. The molecule has 1 saturated heterocycles. The van der Waals surface area contributed by atoms with Crippen molar-refractivity contribution >= 4 is 78.2 Å². The molecule has 18 nitrogen and oxygen atoms in total. The van der Waals surface area contributed by atoms with Crippen LogP contribution in [0.4, 0.5) is 10.5 Å². The summed E-state index contributed by atoms with van der Waals surface area (Å²) in [5.41, 5.74) is 0.307. The number of fused-ring (bicyclic) bond motifs is 1. The van der Waals surface area contributed by atoms with E-state index in [9.17, 15) is 34.1 Å². The van der Waals surface area contributed by atoms with Gasteiger partial charge in [0.1, 0.15) is 30.5 Å². The number of hydrogen-bond donors (Lipinski definition) is 0. The van der Waals surface area contributed by atoms with E-state index in [1.807, 2.05) is 0 Å².